The van der Waals surface area contributed by atoms with Crippen molar-refractivity contribution < 1.29 is 22.4 Å². The molecule has 1 aromatic heterocycles. The summed E-state index contributed by atoms with van der Waals surface area (Å²) in [7, 11) is 0. The lowest BCUT2D eigenvalue weighted by Crippen LogP contribution is -2.31. The van der Waals surface area contributed by atoms with Crippen LogP contribution in [0, 0.1) is 5.82 Å². The van der Waals surface area contributed by atoms with E-state index in [9.17, 15) is 22.4 Å². The second-order valence-electron chi connectivity index (χ2n) is 6.68. The Bertz CT molecular complexity index is 1080. The van der Waals surface area contributed by atoms with Gasteiger partial charge in [-0.05, 0) is 35.7 Å². The Kier molecular flexibility index (Phi) is 5.33. The monoisotopic (exact) mass is 436 g/mol. The van der Waals surface area contributed by atoms with Crippen molar-refractivity contribution in [2.75, 3.05) is 22.1 Å². The molecule has 2 heterocycles. The molecule has 0 spiro atoms. The number of para-hydroxylation sites is 1. The van der Waals surface area contributed by atoms with E-state index in [4.69, 9.17) is 0 Å². The number of hydrogen-bond donors (Lipinski definition) is 2. The number of nitrogens with one attached hydrogen (secondary N) is 2. The molecule has 0 saturated carbocycles. The predicted octanol–water partition coefficient (Wildman–Crippen LogP) is 5.51. The van der Waals surface area contributed by atoms with Crippen LogP contribution in [0.2, 0.25) is 0 Å². The SMILES string of the molecule is O=C(Nc1ccccc1F)Nc1cccc2c1CCN(c1ncc(C(F)(F)F)s1)C2. The smallest absolute Gasteiger partial charge is 0.343 e. The summed E-state index contributed by atoms with van der Waals surface area (Å²) in [5.41, 5.74) is 2.42. The van der Waals surface area contributed by atoms with Gasteiger partial charge in [-0.15, -0.1) is 0 Å². The summed E-state index contributed by atoms with van der Waals surface area (Å²) in [6, 6.07) is 10.6. The van der Waals surface area contributed by atoms with Crippen LogP contribution in [0.4, 0.5) is 38.9 Å². The number of fused-ring (bicyclic) bond motifs is 1. The fourth-order valence-electron chi connectivity index (χ4n) is 3.27. The molecule has 1 aliphatic heterocycles. The van der Waals surface area contributed by atoms with E-state index in [0.29, 0.717) is 41.7 Å². The van der Waals surface area contributed by atoms with Gasteiger partial charge in [0.05, 0.1) is 11.9 Å². The molecular weight excluding hydrogens is 420 g/mol. The third kappa shape index (κ3) is 4.23. The molecule has 4 rings (SSSR count). The zero-order valence-electron chi connectivity index (χ0n) is 15.5. The van der Waals surface area contributed by atoms with Crippen LogP contribution in [0.5, 0.6) is 0 Å². The molecule has 156 valence electrons. The molecule has 3 aromatic rings. The number of amides is 2. The van der Waals surface area contributed by atoms with Gasteiger partial charge in [-0.25, -0.2) is 14.2 Å². The lowest BCUT2D eigenvalue weighted by atomic mass is 9.98. The normalized spacial score (nSPS) is 13.7. The highest BCUT2D eigenvalue weighted by Gasteiger charge is 2.34. The van der Waals surface area contributed by atoms with Crippen molar-refractivity contribution in [3.05, 3.63) is 70.5 Å². The van der Waals surface area contributed by atoms with Crippen molar-refractivity contribution in [3.8, 4) is 0 Å². The van der Waals surface area contributed by atoms with Crippen molar-refractivity contribution in [2.24, 2.45) is 0 Å². The second-order valence-corrected chi connectivity index (χ2v) is 7.69. The van der Waals surface area contributed by atoms with E-state index in [1.165, 1.54) is 18.2 Å². The fourth-order valence-corrected chi connectivity index (χ4v) is 4.08. The number of rotatable bonds is 3. The van der Waals surface area contributed by atoms with E-state index in [-0.39, 0.29) is 5.69 Å². The number of benzene rings is 2. The average Bonchev–Trinajstić information content (AvgIpc) is 3.20. The van der Waals surface area contributed by atoms with E-state index in [0.717, 1.165) is 17.3 Å². The van der Waals surface area contributed by atoms with Crippen LogP contribution < -0.4 is 15.5 Å². The minimum atomic E-state index is -4.41. The summed E-state index contributed by atoms with van der Waals surface area (Å²) < 4.78 is 52.3. The molecule has 5 nitrogen and oxygen atoms in total. The number of alkyl halides is 3. The van der Waals surface area contributed by atoms with Crippen LogP contribution in [0.3, 0.4) is 0 Å². The van der Waals surface area contributed by atoms with Crippen molar-refractivity contribution in [3.63, 3.8) is 0 Å². The minimum absolute atomic E-state index is 0.0650. The molecule has 0 saturated heterocycles. The zero-order chi connectivity index (χ0) is 21.3. The van der Waals surface area contributed by atoms with Gasteiger partial charge in [-0.2, -0.15) is 13.2 Å². The van der Waals surface area contributed by atoms with Gasteiger partial charge in [-0.3, -0.25) is 0 Å². The minimum Gasteiger partial charge on any atom is -0.343 e. The molecule has 2 N–H and O–H groups in total. The molecule has 0 aliphatic carbocycles. The molecule has 0 bridgehead atoms. The van der Waals surface area contributed by atoms with Gasteiger partial charge in [0.1, 0.15) is 10.7 Å². The van der Waals surface area contributed by atoms with E-state index in [1.807, 2.05) is 6.07 Å². The van der Waals surface area contributed by atoms with Gasteiger partial charge in [0.25, 0.3) is 0 Å². The molecule has 2 aromatic carbocycles. The van der Waals surface area contributed by atoms with E-state index in [2.05, 4.69) is 15.6 Å². The maximum absolute atomic E-state index is 13.7. The molecule has 30 heavy (non-hydrogen) atoms. The summed E-state index contributed by atoms with van der Waals surface area (Å²) in [6.07, 6.45) is -3.04. The highest BCUT2D eigenvalue weighted by Crippen LogP contribution is 2.38. The van der Waals surface area contributed by atoms with Gasteiger partial charge in [0.15, 0.2) is 5.13 Å². The Labute approximate surface area is 173 Å². The highest BCUT2D eigenvalue weighted by molar-refractivity contribution is 7.15. The lowest BCUT2D eigenvalue weighted by Gasteiger charge is -2.29. The number of carbonyl (C=O) groups is 1. The summed E-state index contributed by atoms with van der Waals surface area (Å²) >= 11 is 0.613. The number of thiazole rings is 1. The van der Waals surface area contributed by atoms with Crippen LogP contribution in [0.25, 0.3) is 0 Å². The molecule has 2 amide bonds. The molecule has 0 atom stereocenters. The van der Waals surface area contributed by atoms with Gasteiger partial charge in [0.2, 0.25) is 0 Å². The molecule has 0 radical (unpaired) electrons. The van der Waals surface area contributed by atoms with Crippen molar-refractivity contribution >= 4 is 33.9 Å². The Hall–Kier alpha value is -3.14. The Morgan fingerprint density at radius 2 is 1.80 bits per heavy atom. The third-order valence-electron chi connectivity index (χ3n) is 4.68. The Morgan fingerprint density at radius 1 is 1.07 bits per heavy atom. The van der Waals surface area contributed by atoms with Crippen molar-refractivity contribution in [1.82, 2.24) is 4.98 Å². The van der Waals surface area contributed by atoms with Crippen LogP contribution in [-0.4, -0.2) is 17.6 Å². The van der Waals surface area contributed by atoms with Crippen molar-refractivity contribution in [1.29, 1.82) is 0 Å². The summed E-state index contributed by atoms with van der Waals surface area (Å²) in [5, 5.41) is 5.50. The van der Waals surface area contributed by atoms with Crippen LogP contribution >= 0.6 is 11.3 Å². The molecular formula is C20H16F4N4OS. The summed E-state index contributed by atoms with van der Waals surface area (Å²) in [5.74, 6) is -0.542. The second kappa shape index (κ2) is 7.94. The number of nitrogens with zero attached hydrogens (tertiary/aromatic N) is 2. The van der Waals surface area contributed by atoms with E-state index >= 15 is 0 Å². The summed E-state index contributed by atoms with van der Waals surface area (Å²) in [6.45, 7) is 0.843. The number of carbonyl (C=O) groups excluding carboxylic acids is 1. The topological polar surface area (TPSA) is 57.3 Å². The Balaban J connectivity index is 1.48. The molecule has 0 fully saturated rings. The largest absolute Gasteiger partial charge is 0.427 e. The maximum Gasteiger partial charge on any atom is 0.427 e. The fraction of sp³-hybridized carbons (Fsp3) is 0.200. The molecule has 1 aliphatic rings. The first-order chi connectivity index (χ1) is 14.3. The number of halogens is 4. The Morgan fingerprint density at radius 3 is 2.53 bits per heavy atom. The quantitative estimate of drug-likeness (QED) is 0.533. The zero-order valence-corrected chi connectivity index (χ0v) is 16.3. The summed E-state index contributed by atoms with van der Waals surface area (Å²) in [4.78, 5) is 17.3. The number of anilines is 3. The van der Waals surface area contributed by atoms with Gasteiger partial charge >= 0.3 is 12.2 Å². The predicted molar refractivity (Wildman–Crippen MR) is 107 cm³/mol. The van der Waals surface area contributed by atoms with Gasteiger partial charge < -0.3 is 15.5 Å². The van der Waals surface area contributed by atoms with Crippen LogP contribution in [-0.2, 0) is 19.1 Å². The first-order valence-corrected chi connectivity index (χ1v) is 9.84. The molecule has 10 heteroatoms. The standard InChI is InChI=1S/C20H16F4N4OS/c21-14-5-1-2-6-16(14)27-18(29)26-15-7-3-4-12-11-28(9-8-13(12)15)19-25-10-17(30-19)20(22,23)24/h1-7,10H,8-9,11H2,(H2,26,27,29). The van der Waals surface area contributed by atoms with Crippen LogP contribution in [0.1, 0.15) is 16.0 Å². The van der Waals surface area contributed by atoms with E-state index in [1.54, 1.807) is 23.1 Å². The lowest BCUT2D eigenvalue weighted by molar-refractivity contribution is -0.134. The van der Waals surface area contributed by atoms with Gasteiger partial charge in [-0.1, -0.05) is 35.6 Å². The van der Waals surface area contributed by atoms with Crippen LogP contribution in [0.15, 0.2) is 48.7 Å². The third-order valence-corrected chi connectivity index (χ3v) is 5.78. The first-order valence-electron chi connectivity index (χ1n) is 9.02. The van der Waals surface area contributed by atoms with E-state index < -0.39 is 22.9 Å². The maximum atomic E-state index is 13.7. The van der Waals surface area contributed by atoms with Crippen molar-refractivity contribution in [2.45, 2.75) is 19.1 Å². The molecule has 0 unspecified atom stereocenters. The highest BCUT2D eigenvalue weighted by atomic mass is 32.1. The number of urea groups is 1. The number of aromatic nitrogens is 1. The number of hydrogen-bond acceptors (Lipinski definition) is 4. The van der Waals surface area contributed by atoms with Gasteiger partial charge in [0, 0.05) is 18.8 Å². The first kappa shape index (κ1) is 20.1. The average molecular weight is 436 g/mol.